The Hall–Kier alpha value is -1.73. The lowest BCUT2D eigenvalue weighted by Crippen LogP contribution is -2.09. The van der Waals surface area contributed by atoms with Crippen LogP contribution in [0.25, 0.3) is 0 Å². The molecule has 7 heteroatoms. The average molecular weight is 299 g/mol. The molecule has 88 valence electrons. The van der Waals surface area contributed by atoms with Gasteiger partial charge in [-0.2, -0.15) is 0 Å². The van der Waals surface area contributed by atoms with Gasteiger partial charge < -0.3 is 10.2 Å². The molecule has 1 aromatic carbocycles. The third kappa shape index (κ3) is 2.69. The van der Waals surface area contributed by atoms with Crippen molar-refractivity contribution in [2.45, 2.75) is 0 Å². The van der Waals surface area contributed by atoms with E-state index in [9.17, 15) is 4.39 Å². The standard InChI is InChI=1S/C10H8BrFN4O/c11-8-9(16-13)14-5-15-10(8)17-7-3-1-6(12)2-4-7/h1-5H,13H2,(H,14,15,16). The SMILES string of the molecule is NNc1ncnc(Oc2ccc(F)cc2)c1Br. The molecule has 0 aliphatic heterocycles. The van der Waals surface area contributed by atoms with Crippen LogP contribution < -0.4 is 16.0 Å². The van der Waals surface area contributed by atoms with Crippen LogP contribution in [0, 0.1) is 5.82 Å². The zero-order chi connectivity index (χ0) is 12.3. The van der Waals surface area contributed by atoms with Gasteiger partial charge in [0.25, 0.3) is 0 Å². The van der Waals surface area contributed by atoms with Crippen molar-refractivity contribution in [3.63, 3.8) is 0 Å². The van der Waals surface area contributed by atoms with Gasteiger partial charge in [-0.25, -0.2) is 20.2 Å². The first kappa shape index (κ1) is 11.7. The van der Waals surface area contributed by atoms with E-state index in [1.54, 1.807) is 0 Å². The number of benzene rings is 1. The summed E-state index contributed by atoms with van der Waals surface area (Å²) in [6.45, 7) is 0. The molecule has 2 aromatic rings. The third-order valence-electron chi connectivity index (χ3n) is 1.92. The van der Waals surface area contributed by atoms with Gasteiger partial charge in [-0.05, 0) is 40.2 Å². The number of anilines is 1. The van der Waals surface area contributed by atoms with Crippen LogP contribution in [0.5, 0.6) is 11.6 Å². The summed E-state index contributed by atoms with van der Waals surface area (Å²) in [5, 5.41) is 0. The fourth-order valence-electron chi connectivity index (χ4n) is 1.14. The first-order valence-electron chi connectivity index (χ1n) is 4.61. The molecule has 0 aliphatic carbocycles. The highest BCUT2D eigenvalue weighted by molar-refractivity contribution is 9.10. The van der Waals surface area contributed by atoms with Crippen molar-refractivity contribution in [3.8, 4) is 11.6 Å². The van der Waals surface area contributed by atoms with Gasteiger partial charge in [-0.1, -0.05) is 0 Å². The van der Waals surface area contributed by atoms with E-state index < -0.39 is 0 Å². The smallest absolute Gasteiger partial charge is 0.238 e. The number of ether oxygens (including phenoxy) is 1. The Balaban J connectivity index is 2.27. The van der Waals surface area contributed by atoms with Crippen molar-refractivity contribution < 1.29 is 9.13 Å². The largest absolute Gasteiger partial charge is 0.438 e. The Kier molecular flexibility index (Phi) is 3.50. The Morgan fingerprint density at radius 3 is 2.59 bits per heavy atom. The summed E-state index contributed by atoms with van der Waals surface area (Å²) in [7, 11) is 0. The highest BCUT2D eigenvalue weighted by Gasteiger charge is 2.09. The van der Waals surface area contributed by atoms with Gasteiger partial charge in [0.05, 0.1) is 0 Å². The minimum absolute atomic E-state index is 0.291. The fraction of sp³-hybridized carbons (Fsp3) is 0. The van der Waals surface area contributed by atoms with Crippen molar-refractivity contribution in [2.75, 3.05) is 5.43 Å². The molecule has 0 saturated heterocycles. The van der Waals surface area contributed by atoms with E-state index in [0.29, 0.717) is 21.9 Å². The van der Waals surface area contributed by atoms with Gasteiger partial charge in [-0.15, -0.1) is 0 Å². The molecule has 2 rings (SSSR count). The molecule has 5 nitrogen and oxygen atoms in total. The quantitative estimate of drug-likeness (QED) is 0.673. The van der Waals surface area contributed by atoms with Crippen LogP contribution >= 0.6 is 15.9 Å². The number of nitrogens with one attached hydrogen (secondary N) is 1. The lowest BCUT2D eigenvalue weighted by molar-refractivity contribution is 0.457. The molecule has 17 heavy (non-hydrogen) atoms. The number of nitrogens with two attached hydrogens (primary N) is 1. The van der Waals surface area contributed by atoms with E-state index in [1.807, 2.05) is 0 Å². The Bertz CT molecular complexity index is 520. The maximum Gasteiger partial charge on any atom is 0.238 e. The summed E-state index contributed by atoms with van der Waals surface area (Å²) in [5.41, 5.74) is 2.39. The molecule has 0 saturated carbocycles. The van der Waals surface area contributed by atoms with Crippen LogP contribution in [0.2, 0.25) is 0 Å². The summed E-state index contributed by atoms with van der Waals surface area (Å²) in [4.78, 5) is 7.81. The number of rotatable bonds is 3. The van der Waals surface area contributed by atoms with E-state index in [4.69, 9.17) is 10.6 Å². The van der Waals surface area contributed by atoms with Crippen molar-refractivity contribution in [3.05, 3.63) is 40.9 Å². The lowest BCUT2D eigenvalue weighted by atomic mass is 10.3. The molecule has 1 aromatic heterocycles. The van der Waals surface area contributed by atoms with Crippen molar-refractivity contribution in [1.29, 1.82) is 0 Å². The molecule has 3 N–H and O–H groups in total. The number of nitrogen functional groups attached to an aromatic ring is 1. The van der Waals surface area contributed by atoms with Crippen LogP contribution in [0.3, 0.4) is 0 Å². The summed E-state index contributed by atoms with van der Waals surface area (Å²) in [6.07, 6.45) is 1.30. The average Bonchev–Trinajstić information content (AvgIpc) is 2.35. The monoisotopic (exact) mass is 298 g/mol. The van der Waals surface area contributed by atoms with Crippen LogP contribution in [0.1, 0.15) is 0 Å². The second-order valence-electron chi connectivity index (χ2n) is 3.04. The van der Waals surface area contributed by atoms with Crippen molar-refractivity contribution in [2.24, 2.45) is 5.84 Å². The summed E-state index contributed by atoms with van der Waals surface area (Å²) in [5.74, 6) is 6.09. The summed E-state index contributed by atoms with van der Waals surface area (Å²) >= 11 is 3.25. The number of nitrogens with zero attached hydrogens (tertiary/aromatic N) is 2. The highest BCUT2D eigenvalue weighted by atomic mass is 79.9. The van der Waals surface area contributed by atoms with E-state index in [0.717, 1.165) is 0 Å². The number of halogens is 2. The Morgan fingerprint density at radius 2 is 1.94 bits per heavy atom. The molecule has 0 amide bonds. The molecule has 0 bridgehead atoms. The van der Waals surface area contributed by atoms with Gasteiger partial charge in [0.2, 0.25) is 5.88 Å². The molecule has 0 radical (unpaired) electrons. The molecule has 1 heterocycles. The molecular weight excluding hydrogens is 291 g/mol. The van der Waals surface area contributed by atoms with Gasteiger partial charge in [-0.3, -0.25) is 0 Å². The van der Waals surface area contributed by atoms with Gasteiger partial charge >= 0.3 is 0 Å². The first-order chi connectivity index (χ1) is 8.20. The van der Waals surface area contributed by atoms with Crippen molar-refractivity contribution >= 4 is 21.7 Å². The van der Waals surface area contributed by atoms with Crippen LogP contribution in [0.15, 0.2) is 35.1 Å². The van der Waals surface area contributed by atoms with Gasteiger partial charge in [0.15, 0.2) is 5.82 Å². The molecule has 0 spiro atoms. The van der Waals surface area contributed by atoms with E-state index in [2.05, 4.69) is 31.3 Å². The number of hydrazine groups is 1. The number of hydrogen-bond donors (Lipinski definition) is 2. The predicted octanol–water partition coefficient (Wildman–Crippen LogP) is 2.46. The first-order valence-corrected chi connectivity index (χ1v) is 5.40. The zero-order valence-electron chi connectivity index (χ0n) is 8.52. The van der Waals surface area contributed by atoms with E-state index in [1.165, 1.54) is 30.6 Å². The molecular formula is C10H8BrFN4O. The second kappa shape index (κ2) is 5.07. The Labute approximate surface area is 105 Å². The van der Waals surface area contributed by atoms with E-state index in [-0.39, 0.29) is 5.82 Å². The maximum absolute atomic E-state index is 12.7. The van der Waals surface area contributed by atoms with Crippen LogP contribution in [-0.2, 0) is 0 Å². The lowest BCUT2D eigenvalue weighted by Gasteiger charge is -2.08. The summed E-state index contributed by atoms with van der Waals surface area (Å²) < 4.78 is 18.6. The second-order valence-corrected chi connectivity index (χ2v) is 3.83. The highest BCUT2D eigenvalue weighted by Crippen LogP contribution is 2.31. The van der Waals surface area contributed by atoms with Crippen LogP contribution in [0.4, 0.5) is 10.2 Å². The minimum Gasteiger partial charge on any atom is -0.438 e. The van der Waals surface area contributed by atoms with Gasteiger partial charge in [0, 0.05) is 0 Å². The number of hydrogen-bond acceptors (Lipinski definition) is 5. The van der Waals surface area contributed by atoms with E-state index >= 15 is 0 Å². The molecule has 0 fully saturated rings. The normalized spacial score (nSPS) is 10.1. The van der Waals surface area contributed by atoms with Crippen LogP contribution in [-0.4, -0.2) is 9.97 Å². The maximum atomic E-state index is 12.7. The molecule has 0 aliphatic rings. The number of aromatic nitrogens is 2. The van der Waals surface area contributed by atoms with Crippen molar-refractivity contribution in [1.82, 2.24) is 9.97 Å². The summed E-state index contributed by atoms with van der Waals surface area (Å²) in [6, 6.07) is 5.60. The molecule has 0 unspecified atom stereocenters. The topological polar surface area (TPSA) is 73.1 Å². The molecule has 0 atom stereocenters. The van der Waals surface area contributed by atoms with Gasteiger partial charge in [0.1, 0.15) is 22.4 Å². The minimum atomic E-state index is -0.330. The predicted molar refractivity (Wildman–Crippen MR) is 64.0 cm³/mol. The zero-order valence-corrected chi connectivity index (χ0v) is 10.1. The fourth-order valence-corrected chi connectivity index (χ4v) is 1.54. The third-order valence-corrected chi connectivity index (χ3v) is 2.64. The Morgan fingerprint density at radius 1 is 1.24 bits per heavy atom.